The zero-order chi connectivity index (χ0) is 11.8. The van der Waals surface area contributed by atoms with E-state index < -0.39 is 16.3 Å². The van der Waals surface area contributed by atoms with Gasteiger partial charge in [-0.2, -0.15) is 13.2 Å². The van der Waals surface area contributed by atoms with Gasteiger partial charge < -0.3 is 0 Å². The van der Waals surface area contributed by atoms with Crippen molar-refractivity contribution < 1.29 is 17.4 Å². The first-order valence-electron chi connectivity index (χ1n) is 5.09. The van der Waals surface area contributed by atoms with Crippen LogP contribution in [0, 0.1) is 0 Å². The molecule has 0 aliphatic heterocycles. The largest absolute Gasteiger partial charge is 0.475 e. The van der Waals surface area contributed by atoms with E-state index in [9.17, 15) is 17.4 Å². The molecule has 0 bridgehead atoms. The molecule has 0 saturated heterocycles. The fraction of sp³-hybridized carbons (Fsp3) is 0.455. The van der Waals surface area contributed by atoms with Gasteiger partial charge >= 0.3 is 5.51 Å². The van der Waals surface area contributed by atoms with E-state index in [1.807, 2.05) is 0 Å². The van der Waals surface area contributed by atoms with Crippen LogP contribution in [0.4, 0.5) is 13.2 Å². The van der Waals surface area contributed by atoms with Gasteiger partial charge in [-0.25, -0.2) is 4.21 Å². The van der Waals surface area contributed by atoms with Gasteiger partial charge in [-0.15, -0.1) is 0 Å². The maximum atomic E-state index is 12.3. The second-order valence-corrected chi connectivity index (χ2v) is 5.32. The van der Waals surface area contributed by atoms with Crippen molar-refractivity contribution in [2.24, 2.45) is 0 Å². The van der Waals surface area contributed by atoms with E-state index in [-0.39, 0.29) is 4.90 Å². The Hall–Kier alpha value is -0.840. The smallest absolute Gasteiger partial charge is 0.245 e. The highest BCUT2D eigenvalue weighted by atomic mass is 32.2. The van der Waals surface area contributed by atoms with Crippen molar-refractivity contribution in [1.29, 1.82) is 0 Å². The number of halogens is 3. The molecule has 1 aromatic rings. The minimum atomic E-state index is -4.66. The van der Waals surface area contributed by atoms with E-state index in [0.717, 1.165) is 36.8 Å². The number of alkyl halides is 3. The van der Waals surface area contributed by atoms with Crippen molar-refractivity contribution in [3.8, 4) is 0 Å². The number of benzene rings is 1. The Balaban J connectivity index is 2.34. The Bertz CT molecular complexity index is 426. The highest BCUT2D eigenvalue weighted by molar-refractivity contribution is 7.86. The Morgan fingerprint density at radius 2 is 1.69 bits per heavy atom. The topological polar surface area (TPSA) is 17.1 Å². The highest BCUT2D eigenvalue weighted by Crippen LogP contribution is 2.29. The molecule has 2 rings (SSSR count). The fourth-order valence-corrected chi connectivity index (χ4v) is 2.67. The summed E-state index contributed by atoms with van der Waals surface area (Å²) in [5, 5.41) is 0. The predicted molar refractivity (Wildman–Crippen MR) is 55.5 cm³/mol. The number of aryl methyl sites for hydroxylation is 2. The summed E-state index contributed by atoms with van der Waals surface area (Å²) in [6.45, 7) is 0. The van der Waals surface area contributed by atoms with Crippen LogP contribution in [0.15, 0.2) is 23.1 Å². The summed E-state index contributed by atoms with van der Waals surface area (Å²) in [7, 11) is -2.90. The minimum Gasteiger partial charge on any atom is -0.245 e. The first kappa shape index (κ1) is 11.6. The zero-order valence-corrected chi connectivity index (χ0v) is 9.33. The summed E-state index contributed by atoms with van der Waals surface area (Å²) in [6, 6.07) is 4.44. The van der Waals surface area contributed by atoms with Crippen LogP contribution < -0.4 is 0 Å². The van der Waals surface area contributed by atoms with Crippen LogP contribution in [0.25, 0.3) is 0 Å². The molecule has 0 amide bonds. The minimum absolute atomic E-state index is 0.131. The maximum absolute atomic E-state index is 12.3. The van der Waals surface area contributed by atoms with Crippen molar-refractivity contribution in [1.82, 2.24) is 0 Å². The Kier molecular flexibility index (Phi) is 3.06. The van der Waals surface area contributed by atoms with Gasteiger partial charge in [0.1, 0.15) is 0 Å². The van der Waals surface area contributed by atoms with Crippen molar-refractivity contribution in [3.05, 3.63) is 29.3 Å². The molecule has 0 spiro atoms. The summed E-state index contributed by atoms with van der Waals surface area (Å²) in [6.07, 6.45) is 3.77. The van der Waals surface area contributed by atoms with E-state index >= 15 is 0 Å². The molecule has 0 radical (unpaired) electrons. The van der Waals surface area contributed by atoms with Gasteiger partial charge in [-0.3, -0.25) is 0 Å². The summed E-state index contributed by atoms with van der Waals surface area (Å²) >= 11 is 0. The van der Waals surface area contributed by atoms with Crippen molar-refractivity contribution >= 4 is 10.8 Å². The average Bonchev–Trinajstić information content (AvgIpc) is 2.26. The lowest BCUT2D eigenvalue weighted by Crippen LogP contribution is -2.17. The monoisotopic (exact) mass is 248 g/mol. The third-order valence-electron chi connectivity index (χ3n) is 2.74. The lowest BCUT2D eigenvalue weighted by Gasteiger charge is -2.16. The van der Waals surface area contributed by atoms with E-state index in [2.05, 4.69) is 0 Å². The lowest BCUT2D eigenvalue weighted by atomic mass is 9.92. The summed E-state index contributed by atoms with van der Waals surface area (Å²) in [4.78, 5) is -0.131. The van der Waals surface area contributed by atoms with Crippen molar-refractivity contribution in [3.63, 3.8) is 0 Å². The molecule has 0 N–H and O–H groups in total. The van der Waals surface area contributed by atoms with Gasteiger partial charge in [-0.1, -0.05) is 6.07 Å². The zero-order valence-electron chi connectivity index (χ0n) is 8.51. The van der Waals surface area contributed by atoms with Crippen LogP contribution in [-0.2, 0) is 23.6 Å². The van der Waals surface area contributed by atoms with Gasteiger partial charge in [0.2, 0.25) is 0 Å². The Morgan fingerprint density at radius 3 is 2.31 bits per heavy atom. The molecule has 0 aromatic heterocycles. The summed E-state index contributed by atoms with van der Waals surface area (Å²) in [5.41, 5.74) is -2.65. The molecule has 1 nitrogen and oxygen atoms in total. The standard InChI is InChI=1S/C11H11F3OS/c12-11(13,14)16(15)10-6-5-8-3-1-2-4-9(8)7-10/h5-7H,1-4H2. The van der Waals surface area contributed by atoms with Gasteiger partial charge in [-0.05, 0) is 48.9 Å². The molecule has 1 aliphatic carbocycles. The first-order chi connectivity index (χ1) is 7.48. The van der Waals surface area contributed by atoms with Crippen LogP contribution in [0.3, 0.4) is 0 Å². The van der Waals surface area contributed by atoms with E-state index in [4.69, 9.17) is 0 Å². The van der Waals surface area contributed by atoms with Crippen molar-refractivity contribution in [2.75, 3.05) is 0 Å². The molecule has 1 atom stereocenters. The molecule has 16 heavy (non-hydrogen) atoms. The van der Waals surface area contributed by atoms with Crippen LogP contribution in [-0.4, -0.2) is 9.72 Å². The fourth-order valence-electron chi connectivity index (χ4n) is 1.96. The lowest BCUT2D eigenvalue weighted by molar-refractivity contribution is -0.0384. The molecule has 0 heterocycles. The second-order valence-electron chi connectivity index (χ2n) is 3.85. The molecule has 1 aliphatic rings. The molecular formula is C11H11F3OS. The summed E-state index contributed by atoms with van der Waals surface area (Å²) in [5.74, 6) is 0. The average molecular weight is 248 g/mol. The van der Waals surface area contributed by atoms with Gasteiger partial charge in [0.25, 0.3) is 0 Å². The summed E-state index contributed by atoms with van der Waals surface area (Å²) < 4.78 is 47.9. The number of rotatable bonds is 1. The quantitative estimate of drug-likeness (QED) is 0.746. The third kappa shape index (κ3) is 2.29. The van der Waals surface area contributed by atoms with Crippen LogP contribution in [0.2, 0.25) is 0 Å². The second kappa shape index (κ2) is 4.20. The molecular weight excluding hydrogens is 237 g/mol. The predicted octanol–water partition coefficient (Wildman–Crippen LogP) is 3.19. The van der Waals surface area contributed by atoms with E-state index in [0.29, 0.717) is 0 Å². The Morgan fingerprint density at radius 1 is 1.06 bits per heavy atom. The van der Waals surface area contributed by atoms with Crippen molar-refractivity contribution in [2.45, 2.75) is 36.1 Å². The van der Waals surface area contributed by atoms with Gasteiger partial charge in [0, 0.05) is 4.90 Å². The molecule has 1 aromatic carbocycles. The molecule has 5 heteroatoms. The number of hydrogen-bond acceptors (Lipinski definition) is 1. The molecule has 1 unspecified atom stereocenters. The van der Waals surface area contributed by atoms with Gasteiger partial charge in [0.15, 0.2) is 10.8 Å². The van der Waals surface area contributed by atoms with Crippen LogP contribution >= 0.6 is 0 Å². The third-order valence-corrected chi connectivity index (χ3v) is 3.85. The SMILES string of the molecule is O=S(c1ccc2c(c1)CCCC2)C(F)(F)F. The normalized spacial score (nSPS) is 17.9. The Labute approximate surface area is 94.1 Å². The number of hydrogen-bond donors (Lipinski definition) is 0. The highest BCUT2D eigenvalue weighted by Gasteiger charge is 2.38. The first-order valence-corrected chi connectivity index (χ1v) is 6.24. The molecule has 0 saturated carbocycles. The maximum Gasteiger partial charge on any atom is 0.475 e. The number of fused-ring (bicyclic) bond motifs is 1. The van der Waals surface area contributed by atoms with Crippen LogP contribution in [0.5, 0.6) is 0 Å². The van der Waals surface area contributed by atoms with E-state index in [1.54, 1.807) is 6.07 Å². The van der Waals surface area contributed by atoms with E-state index in [1.165, 1.54) is 12.1 Å². The van der Waals surface area contributed by atoms with Crippen LogP contribution in [0.1, 0.15) is 24.0 Å². The molecule has 88 valence electrons. The molecule has 0 fully saturated rings. The van der Waals surface area contributed by atoms with Gasteiger partial charge in [0.05, 0.1) is 0 Å².